The van der Waals surface area contributed by atoms with Gasteiger partial charge in [-0.3, -0.25) is 9.69 Å². The molecule has 1 fully saturated rings. The Morgan fingerprint density at radius 3 is 2.81 bits per heavy atom. The minimum absolute atomic E-state index is 0.188. The van der Waals surface area contributed by atoms with Gasteiger partial charge in [0.1, 0.15) is 0 Å². The third-order valence-electron chi connectivity index (χ3n) is 2.91. The van der Waals surface area contributed by atoms with Gasteiger partial charge in [0.05, 0.1) is 0 Å². The molecular weight excluding hydrogens is 206 g/mol. The average Bonchev–Trinajstić information content (AvgIpc) is 2.27. The fourth-order valence-corrected chi connectivity index (χ4v) is 1.91. The van der Waals surface area contributed by atoms with Crippen molar-refractivity contribution >= 4 is 0 Å². The molecule has 2 rings (SSSR count). The van der Waals surface area contributed by atoms with Crippen LogP contribution in [0.5, 0.6) is 5.75 Å². The molecule has 2 N–H and O–H groups in total. The Balaban J connectivity index is 2.14. The van der Waals surface area contributed by atoms with Crippen LogP contribution in [0, 0.1) is 0 Å². The van der Waals surface area contributed by atoms with Gasteiger partial charge in [0.25, 0.3) is 0 Å². The van der Waals surface area contributed by atoms with Crippen LogP contribution >= 0.6 is 0 Å². The van der Waals surface area contributed by atoms with E-state index in [0.29, 0.717) is 0 Å². The molecule has 0 aliphatic carbocycles. The van der Waals surface area contributed by atoms with Gasteiger partial charge in [0, 0.05) is 57.7 Å². The number of aromatic nitrogens is 1. The van der Waals surface area contributed by atoms with Gasteiger partial charge in [0.2, 0.25) is 5.43 Å². The van der Waals surface area contributed by atoms with Crippen LogP contribution in [0.2, 0.25) is 0 Å². The first-order chi connectivity index (χ1) is 7.66. The van der Waals surface area contributed by atoms with Gasteiger partial charge in [-0.2, -0.15) is 0 Å². The van der Waals surface area contributed by atoms with Crippen LogP contribution in [0.25, 0.3) is 0 Å². The van der Waals surface area contributed by atoms with Gasteiger partial charge < -0.3 is 15.0 Å². The number of aromatic hydroxyl groups is 1. The molecular formula is C11H17N3O2. The summed E-state index contributed by atoms with van der Waals surface area (Å²) in [6.45, 7) is 4.73. The van der Waals surface area contributed by atoms with E-state index in [9.17, 15) is 9.90 Å². The van der Waals surface area contributed by atoms with Crippen molar-refractivity contribution < 1.29 is 5.11 Å². The Morgan fingerprint density at radius 1 is 1.44 bits per heavy atom. The van der Waals surface area contributed by atoms with Crippen LogP contribution in [0.15, 0.2) is 17.1 Å². The lowest BCUT2D eigenvalue weighted by molar-refractivity contribution is 0.228. The van der Waals surface area contributed by atoms with E-state index < -0.39 is 0 Å². The largest absolute Gasteiger partial charge is 0.503 e. The molecule has 1 aromatic heterocycles. The van der Waals surface area contributed by atoms with E-state index in [-0.39, 0.29) is 11.2 Å². The minimum Gasteiger partial charge on any atom is -0.503 e. The number of hydrogen-bond acceptors (Lipinski definition) is 4. The normalized spacial score (nSPS) is 17.6. The van der Waals surface area contributed by atoms with Crippen molar-refractivity contribution in [3.05, 3.63) is 28.2 Å². The number of piperazine rings is 1. The predicted octanol–water partition coefficient (Wildman–Crippen LogP) is -0.504. The summed E-state index contributed by atoms with van der Waals surface area (Å²) in [7, 11) is 1.84. The third kappa shape index (κ3) is 2.43. The van der Waals surface area contributed by atoms with Crippen molar-refractivity contribution in [2.75, 3.05) is 26.2 Å². The van der Waals surface area contributed by atoms with E-state index in [2.05, 4.69) is 10.2 Å². The maximum atomic E-state index is 11.3. The predicted molar refractivity (Wildman–Crippen MR) is 61.5 cm³/mol. The molecule has 0 saturated carbocycles. The quantitative estimate of drug-likeness (QED) is 0.709. The molecule has 0 unspecified atom stereocenters. The van der Waals surface area contributed by atoms with Crippen LogP contribution in [-0.4, -0.2) is 40.8 Å². The maximum absolute atomic E-state index is 11.3. The molecule has 1 aromatic rings. The molecule has 0 spiro atoms. The van der Waals surface area contributed by atoms with Crippen molar-refractivity contribution in [1.29, 1.82) is 0 Å². The molecule has 0 atom stereocenters. The molecule has 0 bridgehead atoms. The second kappa shape index (κ2) is 4.67. The van der Waals surface area contributed by atoms with E-state index >= 15 is 0 Å². The monoisotopic (exact) mass is 223 g/mol. The Morgan fingerprint density at radius 2 is 2.12 bits per heavy atom. The van der Waals surface area contributed by atoms with Gasteiger partial charge in [-0.25, -0.2) is 0 Å². The molecule has 88 valence electrons. The number of aryl methyl sites for hydroxylation is 1. The molecule has 1 aliphatic heterocycles. The van der Waals surface area contributed by atoms with E-state index in [1.165, 1.54) is 12.3 Å². The third-order valence-corrected chi connectivity index (χ3v) is 2.91. The van der Waals surface area contributed by atoms with E-state index in [0.717, 1.165) is 38.4 Å². The molecule has 16 heavy (non-hydrogen) atoms. The van der Waals surface area contributed by atoms with Crippen molar-refractivity contribution in [3.8, 4) is 5.75 Å². The Hall–Kier alpha value is -1.33. The second-order valence-electron chi connectivity index (χ2n) is 4.15. The van der Waals surface area contributed by atoms with Crippen molar-refractivity contribution in [3.63, 3.8) is 0 Å². The Labute approximate surface area is 94.3 Å². The average molecular weight is 223 g/mol. The number of nitrogens with zero attached hydrogens (tertiary/aromatic N) is 2. The highest BCUT2D eigenvalue weighted by Crippen LogP contribution is 2.06. The highest BCUT2D eigenvalue weighted by atomic mass is 16.3. The first kappa shape index (κ1) is 11.2. The molecule has 0 amide bonds. The summed E-state index contributed by atoms with van der Waals surface area (Å²) in [6, 6.07) is 1.51. The second-order valence-corrected chi connectivity index (χ2v) is 4.15. The van der Waals surface area contributed by atoms with Gasteiger partial charge in [-0.1, -0.05) is 0 Å². The highest BCUT2D eigenvalue weighted by Gasteiger charge is 2.12. The smallest absolute Gasteiger partial charge is 0.223 e. The van der Waals surface area contributed by atoms with Crippen molar-refractivity contribution in [1.82, 2.24) is 14.8 Å². The summed E-state index contributed by atoms with van der Waals surface area (Å²) in [5.41, 5.74) is 0.632. The summed E-state index contributed by atoms with van der Waals surface area (Å²) in [5.74, 6) is -0.188. The number of rotatable bonds is 2. The molecule has 5 heteroatoms. The fraction of sp³-hybridized carbons (Fsp3) is 0.545. The summed E-state index contributed by atoms with van der Waals surface area (Å²) in [4.78, 5) is 13.6. The van der Waals surface area contributed by atoms with Crippen LogP contribution < -0.4 is 10.7 Å². The fourth-order valence-electron chi connectivity index (χ4n) is 1.91. The Kier molecular flexibility index (Phi) is 3.26. The summed E-state index contributed by atoms with van der Waals surface area (Å²) < 4.78 is 1.80. The van der Waals surface area contributed by atoms with E-state index in [1.54, 1.807) is 4.57 Å². The number of hydrogen-bond donors (Lipinski definition) is 2. The van der Waals surface area contributed by atoms with Crippen LogP contribution in [-0.2, 0) is 13.6 Å². The lowest BCUT2D eigenvalue weighted by Crippen LogP contribution is -2.43. The van der Waals surface area contributed by atoms with Crippen LogP contribution in [0.1, 0.15) is 5.69 Å². The molecule has 0 radical (unpaired) electrons. The zero-order chi connectivity index (χ0) is 11.5. The SMILES string of the molecule is Cn1cc(O)c(=O)cc1CN1CCNCC1. The molecule has 0 aromatic carbocycles. The van der Waals surface area contributed by atoms with Gasteiger partial charge in [-0.05, 0) is 0 Å². The topological polar surface area (TPSA) is 57.5 Å². The lowest BCUT2D eigenvalue weighted by Gasteiger charge is -2.27. The lowest BCUT2D eigenvalue weighted by atomic mass is 10.2. The molecule has 5 nitrogen and oxygen atoms in total. The van der Waals surface area contributed by atoms with Crippen LogP contribution in [0.4, 0.5) is 0 Å². The van der Waals surface area contributed by atoms with Gasteiger partial charge >= 0.3 is 0 Å². The molecule has 1 saturated heterocycles. The van der Waals surface area contributed by atoms with Gasteiger partial charge in [-0.15, -0.1) is 0 Å². The summed E-state index contributed by atoms with van der Waals surface area (Å²) in [6.07, 6.45) is 1.47. The number of pyridine rings is 1. The van der Waals surface area contributed by atoms with Crippen molar-refractivity contribution in [2.45, 2.75) is 6.54 Å². The zero-order valence-corrected chi connectivity index (χ0v) is 9.44. The molecule has 2 heterocycles. The first-order valence-corrected chi connectivity index (χ1v) is 5.48. The van der Waals surface area contributed by atoms with Crippen molar-refractivity contribution in [2.24, 2.45) is 7.05 Å². The standard InChI is InChI=1S/C11H17N3O2/c1-13-8-11(16)10(15)6-9(13)7-14-4-2-12-3-5-14/h6,8,12,16H,2-5,7H2,1H3. The van der Waals surface area contributed by atoms with E-state index in [1.807, 2.05) is 7.05 Å². The Bertz CT molecular complexity index is 422. The van der Waals surface area contributed by atoms with Gasteiger partial charge in [0.15, 0.2) is 5.75 Å². The van der Waals surface area contributed by atoms with Crippen LogP contribution in [0.3, 0.4) is 0 Å². The summed E-state index contributed by atoms with van der Waals surface area (Å²) in [5, 5.41) is 12.6. The zero-order valence-electron chi connectivity index (χ0n) is 9.44. The first-order valence-electron chi connectivity index (χ1n) is 5.48. The number of nitrogens with one attached hydrogen (secondary N) is 1. The summed E-state index contributed by atoms with van der Waals surface area (Å²) >= 11 is 0. The highest BCUT2D eigenvalue weighted by molar-refractivity contribution is 5.20. The molecule has 1 aliphatic rings. The maximum Gasteiger partial charge on any atom is 0.223 e. The van der Waals surface area contributed by atoms with E-state index in [4.69, 9.17) is 0 Å². The minimum atomic E-state index is -0.303.